The van der Waals surface area contributed by atoms with Crippen molar-refractivity contribution in [1.29, 1.82) is 0 Å². The van der Waals surface area contributed by atoms with Crippen molar-refractivity contribution in [3.8, 4) is 17.5 Å². The van der Waals surface area contributed by atoms with Gasteiger partial charge in [-0.05, 0) is 70.3 Å². The number of fused-ring (bicyclic) bond motifs is 2. The van der Waals surface area contributed by atoms with Crippen LogP contribution in [0, 0.1) is 24.2 Å². The molecule has 38 heavy (non-hydrogen) atoms. The van der Waals surface area contributed by atoms with Crippen LogP contribution in [0.15, 0.2) is 77.9 Å². The molecule has 0 radical (unpaired) electrons. The average Bonchev–Trinajstić information content (AvgIpc) is 3.23. The summed E-state index contributed by atoms with van der Waals surface area (Å²) < 4.78 is 3.25. The minimum Gasteiger partial charge on any atom is -0.344 e. The van der Waals surface area contributed by atoms with Crippen LogP contribution >= 0.6 is 0 Å². The number of aromatic nitrogens is 4. The van der Waals surface area contributed by atoms with Gasteiger partial charge in [0, 0.05) is 34.8 Å². The molecule has 2 aromatic carbocycles. The van der Waals surface area contributed by atoms with Crippen molar-refractivity contribution < 1.29 is 4.79 Å². The van der Waals surface area contributed by atoms with Crippen molar-refractivity contribution in [3.63, 3.8) is 0 Å². The van der Waals surface area contributed by atoms with Gasteiger partial charge >= 0.3 is 0 Å². The SMILES string of the molecule is Cc1nn2cccnc2c1C(=O)N[C@H](C)c1cc2cccc(C#CC(C)(C)C)c2c(=O)n1-c1ccccc1. The third kappa shape index (κ3) is 4.69. The molecule has 0 fully saturated rings. The van der Waals surface area contributed by atoms with E-state index in [0.717, 1.165) is 5.39 Å². The Balaban J connectivity index is 1.66. The van der Waals surface area contributed by atoms with Crippen LogP contribution in [0.1, 0.15) is 61.0 Å². The molecule has 7 heteroatoms. The topological polar surface area (TPSA) is 81.3 Å². The first-order valence-electron chi connectivity index (χ1n) is 12.5. The normalized spacial score (nSPS) is 12.2. The van der Waals surface area contributed by atoms with Crippen LogP contribution in [0.25, 0.3) is 22.1 Å². The van der Waals surface area contributed by atoms with Crippen LogP contribution in [-0.4, -0.2) is 25.1 Å². The lowest BCUT2D eigenvalue weighted by molar-refractivity contribution is 0.0939. The maximum Gasteiger partial charge on any atom is 0.264 e. The van der Waals surface area contributed by atoms with Crippen molar-refractivity contribution >= 4 is 22.3 Å². The van der Waals surface area contributed by atoms with E-state index in [-0.39, 0.29) is 16.9 Å². The molecule has 0 saturated heterocycles. The van der Waals surface area contributed by atoms with Gasteiger partial charge in [0.15, 0.2) is 5.65 Å². The number of carbonyl (C=O) groups excluding carboxylic acids is 1. The zero-order chi connectivity index (χ0) is 27.0. The molecule has 0 aliphatic heterocycles. The monoisotopic (exact) mass is 503 g/mol. The molecule has 0 aliphatic rings. The number of nitrogens with zero attached hydrogens (tertiary/aromatic N) is 4. The van der Waals surface area contributed by atoms with Crippen LogP contribution in [-0.2, 0) is 0 Å². The predicted octanol–water partition coefficient (Wildman–Crippen LogP) is 5.23. The number of nitrogens with one attached hydrogen (secondary N) is 1. The summed E-state index contributed by atoms with van der Waals surface area (Å²) >= 11 is 0. The number of carbonyl (C=O) groups is 1. The molecule has 1 amide bonds. The lowest BCUT2D eigenvalue weighted by Crippen LogP contribution is -2.32. The number of hydrogen-bond acceptors (Lipinski definition) is 4. The third-order valence-electron chi connectivity index (χ3n) is 6.25. The molecule has 7 nitrogen and oxygen atoms in total. The molecular weight excluding hydrogens is 474 g/mol. The van der Waals surface area contributed by atoms with Gasteiger partial charge in [-0.15, -0.1) is 0 Å². The number of para-hydroxylation sites is 1. The van der Waals surface area contributed by atoms with Gasteiger partial charge in [-0.1, -0.05) is 42.2 Å². The largest absolute Gasteiger partial charge is 0.344 e. The van der Waals surface area contributed by atoms with E-state index in [0.29, 0.717) is 39.2 Å². The van der Waals surface area contributed by atoms with Crippen molar-refractivity contribution in [3.05, 3.63) is 106 Å². The summed E-state index contributed by atoms with van der Waals surface area (Å²) in [6.45, 7) is 9.77. The molecule has 0 bridgehead atoms. The highest BCUT2D eigenvalue weighted by atomic mass is 16.2. The summed E-state index contributed by atoms with van der Waals surface area (Å²) in [5.41, 5.74) is 3.13. The van der Waals surface area contributed by atoms with Gasteiger partial charge in [0.1, 0.15) is 5.56 Å². The minimum absolute atomic E-state index is 0.183. The lowest BCUT2D eigenvalue weighted by Gasteiger charge is -2.21. The van der Waals surface area contributed by atoms with E-state index < -0.39 is 6.04 Å². The smallest absolute Gasteiger partial charge is 0.264 e. The molecule has 5 aromatic rings. The fraction of sp³-hybridized carbons (Fsp3) is 0.226. The van der Waals surface area contributed by atoms with Crippen LogP contribution in [0.4, 0.5) is 0 Å². The Hall–Kier alpha value is -4.70. The lowest BCUT2D eigenvalue weighted by atomic mass is 9.96. The summed E-state index contributed by atoms with van der Waals surface area (Å²) in [5, 5.41) is 8.80. The molecule has 3 heterocycles. The second-order valence-electron chi connectivity index (χ2n) is 10.4. The second-order valence-corrected chi connectivity index (χ2v) is 10.4. The maximum atomic E-state index is 14.1. The molecule has 190 valence electrons. The van der Waals surface area contributed by atoms with E-state index in [1.807, 2.05) is 82.3 Å². The van der Waals surface area contributed by atoms with Crippen LogP contribution in [0.3, 0.4) is 0 Å². The summed E-state index contributed by atoms with van der Waals surface area (Å²) in [6.07, 6.45) is 3.39. The number of hydrogen-bond donors (Lipinski definition) is 1. The van der Waals surface area contributed by atoms with Gasteiger partial charge in [0.05, 0.1) is 17.1 Å². The van der Waals surface area contributed by atoms with Gasteiger partial charge in [-0.25, -0.2) is 9.50 Å². The Bertz CT molecular complexity index is 1800. The first-order valence-corrected chi connectivity index (χ1v) is 12.5. The molecule has 5 rings (SSSR count). The van der Waals surface area contributed by atoms with Crippen LogP contribution < -0.4 is 10.9 Å². The van der Waals surface area contributed by atoms with E-state index in [9.17, 15) is 9.59 Å². The Morgan fingerprint density at radius 2 is 1.82 bits per heavy atom. The number of aryl methyl sites for hydroxylation is 1. The molecule has 0 spiro atoms. The van der Waals surface area contributed by atoms with Crippen molar-refractivity contribution in [2.45, 2.75) is 40.7 Å². The number of benzene rings is 2. The van der Waals surface area contributed by atoms with Gasteiger partial charge in [0.2, 0.25) is 0 Å². The zero-order valence-electron chi connectivity index (χ0n) is 22.1. The summed E-state index contributed by atoms with van der Waals surface area (Å²) in [6, 6.07) is 18.4. The van der Waals surface area contributed by atoms with Crippen LogP contribution in [0.2, 0.25) is 0 Å². The van der Waals surface area contributed by atoms with Gasteiger partial charge in [-0.3, -0.25) is 14.2 Å². The molecule has 3 aromatic heterocycles. The van der Waals surface area contributed by atoms with Crippen molar-refractivity contribution in [2.75, 3.05) is 0 Å². The summed E-state index contributed by atoms with van der Waals surface area (Å²) in [5.74, 6) is 6.16. The Labute approximate surface area is 221 Å². The van der Waals surface area contributed by atoms with Gasteiger partial charge in [-0.2, -0.15) is 5.10 Å². The molecular formula is C31H29N5O2. The molecule has 1 atom stereocenters. The van der Waals surface area contributed by atoms with Gasteiger partial charge in [0.25, 0.3) is 11.5 Å². The minimum atomic E-state index is -0.498. The van der Waals surface area contributed by atoms with E-state index in [2.05, 4.69) is 27.2 Å². The highest BCUT2D eigenvalue weighted by Gasteiger charge is 2.23. The standard InChI is InChI=1S/C31H29N5O2/c1-20(33-29(37)26-21(2)34-35-18-10-17-32-28(26)35)25-19-23-12-9-11-22(15-16-31(3,4)5)27(23)30(38)36(25)24-13-7-6-8-14-24/h6-14,17-20H,1-5H3,(H,33,37)/t20-/m1/s1. The highest BCUT2D eigenvalue weighted by Crippen LogP contribution is 2.24. The van der Waals surface area contributed by atoms with Crippen molar-refractivity contribution in [2.24, 2.45) is 5.41 Å². The Morgan fingerprint density at radius 3 is 2.55 bits per heavy atom. The fourth-order valence-corrected chi connectivity index (χ4v) is 4.51. The Kier molecular flexibility index (Phi) is 6.33. The average molecular weight is 504 g/mol. The van der Waals surface area contributed by atoms with E-state index in [1.54, 1.807) is 34.5 Å². The molecule has 0 unspecified atom stereocenters. The van der Waals surface area contributed by atoms with Crippen molar-refractivity contribution in [1.82, 2.24) is 24.5 Å². The maximum absolute atomic E-state index is 14.1. The first-order chi connectivity index (χ1) is 18.1. The van der Waals surface area contributed by atoms with E-state index in [4.69, 9.17) is 0 Å². The molecule has 0 saturated carbocycles. The zero-order valence-corrected chi connectivity index (χ0v) is 22.1. The van der Waals surface area contributed by atoms with Gasteiger partial charge < -0.3 is 5.32 Å². The fourth-order valence-electron chi connectivity index (χ4n) is 4.51. The Morgan fingerprint density at radius 1 is 1.05 bits per heavy atom. The van der Waals surface area contributed by atoms with E-state index >= 15 is 0 Å². The number of rotatable bonds is 4. The third-order valence-corrected chi connectivity index (χ3v) is 6.25. The van der Waals surface area contributed by atoms with E-state index in [1.165, 1.54) is 0 Å². The first kappa shape index (κ1) is 25.0. The van der Waals surface area contributed by atoms with Crippen LogP contribution in [0.5, 0.6) is 0 Å². The predicted molar refractivity (Wildman–Crippen MR) is 149 cm³/mol. The molecule has 1 N–H and O–H groups in total. The quantitative estimate of drug-likeness (QED) is 0.341. The summed E-state index contributed by atoms with van der Waals surface area (Å²) in [7, 11) is 0. The highest BCUT2D eigenvalue weighted by molar-refractivity contribution is 6.01. The molecule has 0 aliphatic carbocycles. The summed E-state index contributed by atoms with van der Waals surface area (Å²) in [4.78, 5) is 31.9. The number of pyridine rings is 1. The number of amides is 1. The second kappa shape index (κ2) is 9.64.